The lowest BCUT2D eigenvalue weighted by Crippen LogP contribution is -2.68. The highest BCUT2D eigenvalue weighted by Gasteiger charge is 2.50. The van der Waals surface area contributed by atoms with E-state index in [0.717, 1.165) is 16.8 Å². The molecule has 2 aliphatic heterocycles. The molecule has 1 unspecified atom stereocenters. The third-order valence-corrected chi connectivity index (χ3v) is 5.20. The smallest absolute Gasteiger partial charge is 0.271 e. The van der Waals surface area contributed by atoms with E-state index in [0.29, 0.717) is 32.1 Å². The molecule has 0 amide bonds. The van der Waals surface area contributed by atoms with Gasteiger partial charge in [0, 0.05) is 43.3 Å². The Morgan fingerprint density at radius 2 is 2.16 bits per heavy atom. The van der Waals surface area contributed by atoms with Gasteiger partial charge in [-0.1, -0.05) is 0 Å². The van der Waals surface area contributed by atoms with Gasteiger partial charge in [-0.05, 0) is 19.1 Å². The summed E-state index contributed by atoms with van der Waals surface area (Å²) < 4.78 is 11.3. The molecule has 7 nitrogen and oxygen atoms in total. The molecule has 2 N–H and O–H groups in total. The van der Waals surface area contributed by atoms with Gasteiger partial charge in [0.05, 0.1) is 31.5 Å². The molecule has 0 radical (unpaired) electrons. The third kappa shape index (κ3) is 2.69. The minimum atomic E-state index is -0.297. The molecule has 25 heavy (non-hydrogen) atoms. The third-order valence-electron chi connectivity index (χ3n) is 5.20. The van der Waals surface area contributed by atoms with E-state index in [2.05, 4.69) is 27.1 Å². The summed E-state index contributed by atoms with van der Waals surface area (Å²) in [6, 6.07) is 4.02. The molecule has 0 bridgehead atoms. The summed E-state index contributed by atoms with van der Waals surface area (Å²) in [6.07, 6.45) is 5.29. The maximum atomic E-state index is 12.5. The van der Waals surface area contributed by atoms with Crippen molar-refractivity contribution >= 4 is 11.4 Å². The Labute approximate surface area is 146 Å². The minimum absolute atomic E-state index is 0.0770. The fraction of sp³-hybridized carbons (Fsp3) is 0.444. The average Bonchev–Trinajstić information content (AvgIpc) is 2.61. The summed E-state index contributed by atoms with van der Waals surface area (Å²) in [4.78, 5) is 21.7. The number of hydrogen-bond acceptors (Lipinski definition) is 6. The molecule has 4 rings (SSSR count). The van der Waals surface area contributed by atoms with Crippen molar-refractivity contribution < 1.29 is 9.47 Å². The topological polar surface area (TPSA) is 79.5 Å². The molecular weight excluding hydrogens is 320 g/mol. The predicted molar refractivity (Wildman–Crippen MR) is 96.2 cm³/mol. The Kier molecular flexibility index (Phi) is 3.97. The van der Waals surface area contributed by atoms with Gasteiger partial charge >= 0.3 is 0 Å². The fourth-order valence-electron chi connectivity index (χ4n) is 3.49. The second-order valence-electron chi connectivity index (χ2n) is 6.59. The SMILES string of the molecule is CNc1cncc(-c2c[nH]c(=O)c(N3CCOC4(COC4)C3C)c2)c1. The number of morpholine rings is 1. The Morgan fingerprint density at radius 3 is 2.88 bits per heavy atom. The summed E-state index contributed by atoms with van der Waals surface area (Å²) in [7, 11) is 1.86. The lowest BCUT2D eigenvalue weighted by molar-refractivity contribution is -0.228. The molecule has 0 saturated carbocycles. The van der Waals surface area contributed by atoms with Gasteiger partial charge in [-0.15, -0.1) is 0 Å². The molecule has 0 aliphatic carbocycles. The standard InChI is InChI=1S/C18H22N4O3/c1-12-18(10-24-11-18)25-4-3-22(12)16-6-14(8-21-17(16)23)13-5-15(19-2)9-20-7-13/h5-9,12,19H,3-4,10-11H2,1-2H3,(H,21,23). The number of ether oxygens (including phenoxy) is 2. The van der Waals surface area contributed by atoms with Crippen molar-refractivity contribution in [3.05, 3.63) is 41.1 Å². The van der Waals surface area contributed by atoms with Crippen LogP contribution in [0.3, 0.4) is 0 Å². The van der Waals surface area contributed by atoms with Crippen LogP contribution in [0.5, 0.6) is 0 Å². The minimum Gasteiger partial charge on any atom is -0.387 e. The Bertz CT molecular complexity index is 831. The summed E-state index contributed by atoms with van der Waals surface area (Å²) in [5.41, 5.74) is 3.08. The van der Waals surface area contributed by atoms with E-state index in [4.69, 9.17) is 9.47 Å². The first-order chi connectivity index (χ1) is 12.1. The maximum absolute atomic E-state index is 12.5. The molecule has 2 fully saturated rings. The number of rotatable bonds is 3. The van der Waals surface area contributed by atoms with Crippen molar-refractivity contribution in [2.45, 2.75) is 18.6 Å². The van der Waals surface area contributed by atoms with Crippen molar-refractivity contribution in [2.75, 3.05) is 43.6 Å². The summed E-state index contributed by atoms with van der Waals surface area (Å²) >= 11 is 0. The van der Waals surface area contributed by atoms with Crippen LogP contribution in [0.1, 0.15) is 6.92 Å². The van der Waals surface area contributed by atoms with E-state index >= 15 is 0 Å². The van der Waals surface area contributed by atoms with Crippen LogP contribution in [-0.4, -0.2) is 55.0 Å². The number of nitrogens with zero attached hydrogens (tertiary/aromatic N) is 2. The molecule has 1 atom stereocenters. The van der Waals surface area contributed by atoms with Gasteiger partial charge in [0.15, 0.2) is 0 Å². The fourth-order valence-corrected chi connectivity index (χ4v) is 3.49. The van der Waals surface area contributed by atoms with Crippen LogP contribution in [0.2, 0.25) is 0 Å². The van der Waals surface area contributed by atoms with Gasteiger partial charge in [-0.2, -0.15) is 0 Å². The predicted octanol–water partition coefficient (Wildman–Crippen LogP) is 1.47. The molecule has 2 aromatic rings. The first kappa shape index (κ1) is 16.1. The average molecular weight is 342 g/mol. The number of pyridine rings is 2. The van der Waals surface area contributed by atoms with Gasteiger partial charge < -0.3 is 24.7 Å². The Morgan fingerprint density at radius 1 is 1.32 bits per heavy atom. The van der Waals surface area contributed by atoms with Crippen molar-refractivity contribution in [3.63, 3.8) is 0 Å². The van der Waals surface area contributed by atoms with E-state index in [1.807, 2.05) is 19.2 Å². The van der Waals surface area contributed by atoms with Crippen LogP contribution >= 0.6 is 0 Å². The highest BCUT2D eigenvalue weighted by atomic mass is 16.6. The van der Waals surface area contributed by atoms with Gasteiger partial charge in [0.25, 0.3) is 5.56 Å². The van der Waals surface area contributed by atoms with Crippen molar-refractivity contribution in [3.8, 4) is 11.1 Å². The van der Waals surface area contributed by atoms with Crippen LogP contribution in [0, 0.1) is 0 Å². The molecule has 2 aromatic heterocycles. The second kappa shape index (κ2) is 6.16. The lowest BCUT2D eigenvalue weighted by atomic mass is 9.90. The zero-order valence-corrected chi connectivity index (χ0v) is 14.4. The normalized spacial score (nSPS) is 21.8. The maximum Gasteiger partial charge on any atom is 0.271 e. The van der Waals surface area contributed by atoms with E-state index < -0.39 is 0 Å². The Balaban J connectivity index is 1.71. The molecule has 4 heterocycles. The highest BCUT2D eigenvalue weighted by Crippen LogP contribution is 2.34. The van der Waals surface area contributed by atoms with E-state index in [-0.39, 0.29) is 17.2 Å². The van der Waals surface area contributed by atoms with E-state index in [1.165, 1.54) is 0 Å². The number of aromatic amines is 1. The van der Waals surface area contributed by atoms with Crippen LogP contribution in [0.25, 0.3) is 11.1 Å². The van der Waals surface area contributed by atoms with Crippen LogP contribution in [0.4, 0.5) is 11.4 Å². The van der Waals surface area contributed by atoms with Gasteiger partial charge in [0.1, 0.15) is 11.3 Å². The summed E-state index contributed by atoms with van der Waals surface area (Å²) in [5.74, 6) is 0. The first-order valence-electron chi connectivity index (χ1n) is 8.47. The zero-order chi connectivity index (χ0) is 17.4. The highest BCUT2D eigenvalue weighted by molar-refractivity contribution is 5.69. The number of H-pyrrole nitrogens is 1. The molecule has 7 heteroatoms. The quantitative estimate of drug-likeness (QED) is 0.879. The van der Waals surface area contributed by atoms with Crippen molar-refractivity contribution in [1.82, 2.24) is 9.97 Å². The molecule has 0 aromatic carbocycles. The van der Waals surface area contributed by atoms with Gasteiger partial charge in [0.2, 0.25) is 0 Å². The van der Waals surface area contributed by atoms with Gasteiger partial charge in [-0.25, -0.2) is 0 Å². The van der Waals surface area contributed by atoms with Crippen LogP contribution < -0.4 is 15.8 Å². The number of anilines is 2. The van der Waals surface area contributed by atoms with E-state index in [9.17, 15) is 4.79 Å². The molecule has 2 saturated heterocycles. The van der Waals surface area contributed by atoms with Crippen LogP contribution in [0.15, 0.2) is 35.5 Å². The first-order valence-corrected chi connectivity index (χ1v) is 8.47. The lowest BCUT2D eigenvalue weighted by Gasteiger charge is -2.53. The summed E-state index contributed by atoms with van der Waals surface area (Å²) in [6.45, 7) is 4.53. The molecule has 1 spiro atoms. The van der Waals surface area contributed by atoms with Crippen molar-refractivity contribution in [2.24, 2.45) is 0 Å². The van der Waals surface area contributed by atoms with Gasteiger partial charge in [-0.3, -0.25) is 9.78 Å². The molecule has 2 aliphatic rings. The largest absolute Gasteiger partial charge is 0.387 e. The van der Waals surface area contributed by atoms with E-state index in [1.54, 1.807) is 18.6 Å². The molecular formula is C18H22N4O3. The zero-order valence-electron chi connectivity index (χ0n) is 14.4. The van der Waals surface area contributed by atoms with Crippen LogP contribution in [-0.2, 0) is 9.47 Å². The summed E-state index contributed by atoms with van der Waals surface area (Å²) in [5, 5.41) is 3.08. The number of hydrogen-bond donors (Lipinski definition) is 2. The molecule has 132 valence electrons. The number of nitrogens with one attached hydrogen (secondary N) is 2. The van der Waals surface area contributed by atoms with Crippen molar-refractivity contribution in [1.29, 1.82) is 0 Å². The second-order valence-corrected chi connectivity index (χ2v) is 6.59. The monoisotopic (exact) mass is 342 g/mol. The Hall–Kier alpha value is -2.38. The number of aromatic nitrogens is 2.